The summed E-state index contributed by atoms with van der Waals surface area (Å²) in [5, 5.41) is 13.9. The largest absolute Gasteiger partial charge is 0.490 e. The van der Waals surface area contributed by atoms with Crippen LogP contribution in [0.1, 0.15) is 60.5 Å². The van der Waals surface area contributed by atoms with Crippen LogP contribution in [-0.4, -0.2) is 48.1 Å². The van der Waals surface area contributed by atoms with Gasteiger partial charge in [0, 0.05) is 25.3 Å². The maximum atomic E-state index is 13.1. The van der Waals surface area contributed by atoms with E-state index in [1.165, 1.54) is 28.8 Å². The van der Waals surface area contributed by atoms with Crippen molar-refractivity contribution in [3.8, 4) is 5.75 Å². The lowest BCUT2D eigenvalue weighted by Gasteiger charge is -2.43. The van der Waals surface area contributed by atoms with Crippen LogP contribution in [0, 0.1) is 10.1 Å². The number of rotatable bonds is 11. The molecule has 0 heterocycles. The van der Waals surface area contributed by atoms with Gasteiger partial charge in [-0.25, -0.2) is 9.00 Å². The van der Waals surface area contributed by atoms with Crippen LogP contribution in [0.2, 0.25) is 5.04 Å². The van der Waals surface area contributed by atoms with Gasteiger partial charge in [-0.3, -0.25) is 10.1 Å². The number of hydrogen-bond donors (Lipinski definition) is 0. The van der Waals surface area contributed by atoms with Gasteiger partial charge in [0.05, 0.1) is 32.6 Å². The molecule has 0 fully saturated rings. The molecule has 0 aliphatic carbocycles. The van der Waals surface area contributed by atoms with Gasteiger partial charge in [-0.15, -0.1) is 4.36 Å². The molecule has 0 saturated heterocycles. The first-order chi connectivity index (χ1) is 20.4. The number of nitro groups is 1. The molecule has 0 bridgehead atoms. The maximum absolute atomic E-state index is 13.1. The first-order valence-corrected chi connectivity index (χ1v) is 18.5. The highest BCUT2D eigenvalue weighted by Crippen LogP contribution is 2.37. The number of benzene rings is 3. The third-order valence-electron chi connectivity index (χ3n) is 6.85. The molecule has 0 unspecified atom stereocenters. The van der Waals surface area contributed by atoms with Crippen molar-refractivity contribution >= 4 is 40.2 Å². The van der Waals surface area contributed by atoms with E-state index in [4.69, 9.17) is 13.9 Å². The Labute approximate surface area is 262 Å². The lowest BCUT2D eigenvalue weighted by molar-refractivity contribution is -0.385. The third kappa shape index (κ3) is 9.48. The highest BCUT2D eigenvalue weighted by Gasteiger charge is 2.50. The fourth-order valence-electron chi connectivity index (χ4n) is 5.11. The fraction of sp³-hybridized carbons (Fsp3) is 0.424. The third-order valence-corrected chi connectivity index (χ3v) is 13.3. The van der Waals surface area contributed by atoms with Crippen LogP contribution >= 0.6 is 0 Å². The van der Waals surface area contributed by atoms with Crippen LogP contribution in [-0.2, 0) is 24.6 Å². The van der Waals surface area contributed by atoms with E-state index < -0.39 is 34.7 Å². The quantitative estimate of drug-likeness (QED) is 0.128. The van der Waals surface area contributed by atoms with Crippen LogP contribution in [0.3, 0.4) is 0 Å². The van der Waals surface area contributed by atoms with Crippen molar-refractivity contribution < 1.29 is 27.8 Å². The molecule has 11 heteroatoms. The van der Waals surface area contributed by atoms with Crippen LogP contribution in [0.25, 0.3) is 0 Å². The molecular weight excluding hydrogens is 597 g/mol. The number of nitro benzene ring substituents is 1. The number of ether oxygens (including phenoxy) is 2. The zero-order chi connectivity index (χ0) is 32.8. The number of nitrogens with zero attached hydrogens (tertiary/aromatic N) is 2. The van der Waals surface area contributed by atoms with Crippen molar-refractivity contribution in [3.05, 3.63) is 94.5 Å². The normalized spacial score (nSPS) is 14.3. The van der Waals surface area contributed by atoms with Gasteiger partial charge in [0.15, 0.2) is 0 Å². The Morgan fingerprint density at radius 2 is 1.50 bits per heavy atom. The van der Waals surface area contributed by atoms with Gasteiger partial charge in [0.2, 0.25) is 0 Å². The second kappa shape index (κ2) is 14.0. The molecule has 238 valence electrons. The van der Waals surface area contributed by atoms with Crippen molar-refractivity contribution in [2.24, 2.45) is 4.36 Å². The predicted octanol–water partition coefficient (Wildman–Crippen LogP) is 6.86. The van der Waals surface area contributed by atoms with E-state index in [1.807, 2.05) is 43.3 Å². The molecule has 1 amide bonds. The number of hydrogen-bond acceptors (Lipinski definition) is 7. The predicted molar refractivity (Wildman–Crippen MR) is 178 cm³/mol. The van der Waals surface area contributed by atoms with E-state index >= 15 is 0 Å². The minimum atomic E-state index is -3.08. The molecule has 0 spiro atoms. The van der Waals surface area contributed by atoms with E-state index in [0.29, 0.717) is 18.6 Å². The van der Waals surface area contributed by atoms with Crippen LogP contribution in [0.5, 0.6) is 5.75 Å². The summed E-state index contributed by atoms with van der Waals surface area (Å²) in [6, 6.07) is 24.9. The molecule has 0 N–H and O–H groups in total. The minimum absolute atomic E-state index is 0.174. The summed E-state index contributed by atoms with van der Waals surface area (Å²) < 4.78 is 35.1. The Morgan fingerprint density at radius 3 is 1.98 bits per heavy atom. The van der Waals surface area contributed by atoms with Crippen molar-refractivity contribution in [2.45, 2.75) is 77.4 Å². The smallest absolute Gasteiger partial charge is 0.442 e. The Balaban J connectivity index is 1.82. The van der Waals surface area contributed by atoms with Gasteiger partial charge in [0.1, 0.15) is 11.4 Å². The maximum Gasteiger partial charge on any atom is 0.442 e. The molecule has 0 saturated carbocycles. The van der Waals surface area contributed by atoms with Gasteiger partial charge in [-0.2, -0.15) is 0 Å². The van der Waals surface area contributed by atoms with Crippen molar-refractivity contribution in [1.82, 2.24) is 0 Å². The van der Waals surface area contributed by atoms with E-state index in [2.05, 4.69) is 49.4 Å². The van der Waals surface area contributed by atoms with Crippen LogP contribution < -0.4 is 15.1 Å². The lowest BCUT2D eigenvalue weighted by atomic mass is 10.2. The molecule has 3 rings (SSSR count). The second-order valence-electron chi connectivity index (χ2n) is 13.0. The van der Waals surface area contributed by atoms with E-state index in [1.54, 1.807) is 26.8 Å². The average Bonchev–Trinajstić information content (AvgIpc) is 2.89. The van der Waals surface area contributed by atoms with Gasteiger partial charge in [-0.1, -0.05) is 81.4 Å². The summed E-state index contributed by atoms with van der Waals surface area (Å²) in [5.74, 6) is 0.0786. The van der Waals surface area contributed by atoms with Crippen molar-refractivity contribution in [2.75, 3.05) is 12.9 Å². The number of amides is 1. The van der Waals surface area contributed by atoms with Crippen molar-refractivity contribution in [1.29, 1.82) is 0 Å². The topological polar surface area (TPSA) is 117 Å². The Morgan fingerprint density at radius 1 is 0.955 bits per heavy atom. The summed E-state index contributed by atoms with van der Waals surface area (Å²) in [4.78, 5) is 23.3. The van der Waals surface area contributed by atoms with Gasteiger partial charge in [-0.05, 0) is 54.7 Å². The first-order valence-electron chi connectivity index (χ1n) is 14.5. The number of non-ortho nitro benzene ring substituents is 1. The zero-order valence-corrected chi connectivity index (χ0v) is 28.7. The minimum Gasteiger partial charge on any atom is -0.490 e. The molecule has 2 atom stereocenters. The fourth-order valence-corrected chi connectivity index (χ4v) is 10.9. The molecule has 44 heavy (non-hydrogen) atoms. The van der Waals surface area contributed by atoms with Crippen molar-refractivity contribution in [3.63, 3.8) is 0 Å². The highest BCUT2D eigenvalue weighted by atomic mass is 32.2. The standard InChI is InChI=1S/C33H44N2O7SSi/c1-25(19-20-40-44(33(5,6)7,29-15-11-9-12-16-29)30-17-13-10-14-18-30)41-28-22-26(21-27(23-28)35(37)38)24-43(8,39)34-31(36)42-32(2,3)4/h9-18,21-23,25H,19-20,24H2,1-8H3/t25-,43-/m0/s1. The van der Waals surface area contributed by atoms with Gasteiger partial charge < -0.3 is 13.9 Å². The molecule has 0 aliphatic rings. The summed E-state index contributed by atoms with van der Waals surface area (Å²) in [6.07, 6.45) is 0.559. The van der Waals surface area contributed by atoms with Gasteiger partial charge >= 0.3 is 6.09 Å². The number of carbonyl (C=O) groups excluding carboxylic acids is 1. The van der Waals surface area contributed by atoms with E-state index in [9.17, 15) is 19.1 Å². The average molecular weight is 641 g/mol. The Kier molecular flexibility index (Phi) is 11.2. The van der Waals surface area contributed by atoms with E-state index in [-0.39, 0.29) is 28.3 Å². The summed E-state index contributed by atoms with van der Waals surface area (Å²) >= 11 is 0. The summed E-state index contributed by atoms with van der Waals surface area (Å²) in [5.41, 5.74) is -0.634. The highest BCUT2D eigenvalue weighted by molar-refractivity contribution is 7.92. The van der Waals surface area contributed by atoms with Crippen LogP contribution in [0.4, 0.5) is 10.5 Å². The zero-order valence-electron chi connectivity index (χ0n) is 26.9. The molecule has 3 aromatic carbocycles. The molecule has 0 aromatic heterocycles. The van der Waals surface area contributed by atoms with E-state index in [0.717, 1.165) is 0 Å². The lowest BCUT2D eigenvalue weighted by Crippen LogP contribution is -2.66. The molecule has 0 aliphatic heterocycles. The first kappa shape index (κ1) is 34.9. The SMILES string of the molecule is C[C@@H](CCO[Si](c1ccccc1)(c1ccccc1)C(C)(C)C)Oc1cc(C[S@](C)(=O)=NC(=O)OC(C)(C)C)cc([N+](=O)[O-])c1. The summed E-state index contributed by atoms with van der Waals surface area (Å²) in [6.45, 7) is 14.0. The molecular formula is C33H44N2O7SSi. The second-order valence-corrected chi connectivity index (χ2v) is 19.7. The number of carbonyl (C=O) groups is 1. The summed E-state index contributed by atoms with van der Waals surface area (Å²) in [7, 11) is -5.81. The molecule has 3 aromatic rings. The molecule has 0 radical (unpaired) electrons. The molecule has 9 nitrogen and oxygen atoms in total. The Hall–Kier alpha value is -3.54. The monoisotopic (exact) mass is 640 g/mol. The van der Waals surface area contributed by atoms with Crippen LogP contribution in [0.15, 0.2) is 83.2 Å². The van der Waals surface area contributed by atoms with Gasteiger partial charge in [0.25, 0.3) is 14.0 Å². The Bertz CT molecular complexity index is 1520.